The van der Waals surface area contributed by atoms with Crippen molar-refractivity contribution in [1.29, 1.82) is 0 Å². The summed E-state index contributed by atoms with van der Waals surface area (Å²) in [4.78, 5) is 21.2. The molecule has 1 aliphatic rings. The molecule has 5 nitrogen and oxygen atoms in total. The Morgan fingerprint density at radius 3 is 2.92 bits per heavy atom. The van der Waals surface area contributed by atoms with E-state index < -0.39 is 0 Å². The zero-order chi connectivity index (χ0) is 17.6. The summed E-state index contributed by atoms with van der Waals surface area (Å²) < 4.78 is 1.78. The molecule has 0 aromatic carbocycles. The molecule has 0 N–H and O–H groups in total. The predicted molar refractivity (Wildman–Crippen MR) is 101 cm³/mol. The summed E-state index contributed by atoms with van der Waals surface area (Å²) in [7, 11) is 1.89. The van der Waals surface area contributed by atoms with Gasteiger partial charge < -0.3 is 4.90 Å². The molecule has 1 saturated heterocycles. The maximum atomic E-state index is 13.4. The van der Waals surface area contributed by atoms with Crippen LogP contribution >= 0.6 is 11.3 Å². The molecule has 0 bridgehead atoms. The second kappa shape index (κ2) is 6.26. The highest BCUT2D eigenvalue weighted by molar-refractivity contribution is 7.13. The van der Waals surface area contributed by atoms with E-state index in [4.69, 9.17) is 4.98 Å². The van der Waals surface area contributed by atoms with E-state index in [1.54, 1.807) is 16.0 Å². The largest absolute Gasteiger partial charge is 0.336 e. The molecular weight excluding hydrogens is 332 g/mol. The number of hydrogen-bond acceptors (Lipinski definition) is 4. The summed E-state index contributed by atoms with van der Waals surface area (Å²) in [6.45, 7) is 4.93. The average Bonchev–Trinajstić information content (AvgIpc) is 3.23. The lowest BCUT2D eigenvalue weighted by atomic mass is 10.0. The molecule has 0 spiro atoms. The molecule has 3 aromatic heterocycles. The lowest BCUT2D eigenvalue weighted by Gasteiger charge is -2.33. The molecule has 4 rings (SSSR count). The van der Waals surface area contributed by atoms with Gasteiger partial charge in [-0.1, -0.05) is 6.07 Å². The molecule has 1 amide bonds. The van der Waals surface area contributed by atoms with E-state index in [9.17, 15) is 4.79 Å². The highest BCUT2D eigenvalue weighted by Gasteiger charge is 2.28. The zero-order valence-electron chi connectivity index (χ0n) is 14.8. The molecule has 25 heavy (non-hydrogen) atoms. The molecule has 0 radical (unpaired) electrons. The molecule has 1 aliphatic heterocycles. The minimum atomic E-state index is 0.105. The number of rotatable bonds is 2. The number of piperidine rings is 1. The molecule has 1 atom stereocenters. The SMILES string of the molecule is Cc1nn(C)c2nc(-c3cccs3)cc(C(=O)N3CCCC[C@H]3C)c12. The van der Waals surface area contributed by atoms with Gasteiger partial charge in [-0.2, -0.15) is 5.10 Å². The Morgan fingerprint density at radius 1 is 1.36 bits per heavy atom. The first-order chi connectivity index (χ1) is 12.1. The Bertz CT molecular complexity index is 929. The monoisotopic (exact) mass is 354 g/mol. The Kier molecular flexibility index (Phi) is 4.07. The Morgan fingerprint density at radius 2 is 2.20 bits per heavy atom. The lowest BCUT2D eigenvalue weighted by Crippen LogP contribution is -2.42. The van der Waals surface area contributed by atoms with Crippen molar-refractivity contribution in [3.05, 3.63) is 34.8 Å². The van der Waals surface area contributed by atoms with Crippen molar-refractivity contribution < 1.29 is 4.79 Å². The Hall–Kier alpha value is -2.21. The third kappa shape index (κ3) is 2.74. The molecule has 130 valence electrons. The van der Waals surface area contributed by atoms with Crippen molar-refractivity contribution in [3.8, 4) is 10.6 Å². The van der Waals surface area contributed by atoms with Gasteiger partial charge in [0.05, 0.1) is 27.2 Å². The number of thiophene rings is 1. The van der Waals surface area contributed by atoms with Crippen LogP contribution in [0.5, 0.6) is 0 Å². The molecule has 0 aliphatic carbocycles. The molecular formula is C19H22N4OS. The normalized spacial score (nSPS) is 18.0. The van der Waals surface area contributed by atoms with Gasteiger partial charge in [0.25, 0.3) is 5.91 Å². The topological polar surface area (TPSA) is 51.0 Å². The van der Waals surface area contributed by atoms with E-state index in [2.05, 4.69) is 12.0 Å². The second-order valence-corrected chi connectivity index (χ2v) is 7.73. The number of pyridine rings is 1. The van der Waals surface area contributed by atoms with Gasteiger partial charge in [0.1, 0.15) is 0 Å². The van der Waals surface area contributed by atoms with E-state index in [1.165, 1.54) is 6.42 Å². The zero-order valence-corrected chi connectivity index (χ0v) is 15.6. The van der Waals surface area contributed by atoms with Crippen molar-refractivity contribution in [2.24, 2.45) is 7.05 Å². The highest BCUT2D eigenvalue weighted by atomic mass is 32.1. The number of hydrogen-bond donors (Lipinski definition) is 0. The van der Waals surface area contributed by atoms with Crippen molar-refractivity contribution >= 4 is 28.3 Å². The smallest absolute Gasteiger partial charge is 0.254 e. The maximum Gasteiger partial charge on any atom is 0.254 e. The quantitative estimate of drug-likeness (QED) is 0.698. The summed E-state index contributed by atoms with van der Waals surface area (Å²) in [5.41, 5.74) is 3.21. The summed E-state index contributed by atoms with van der Waals surface area (Å²) in [6, 6.07) is 6.28. The number of likely N-dealkylation sites (tertiary alicyclic amines) is 1. The third-order valence-corrected chi connectivity index (χ3v) is 5.93. The second-order valence-electron chi connectivity index (χ2n) is 6.78. The number of fused-ring (bicyclic) bond motifs is 1. The van der Waals surface area contributed by atoms with Gasteiger partial charge in [-0.15, -0.1) is 11.3 Å². The van der Waals surface area contributed by atoms with Crippen LogP contribution in [0.1, 0.15) is 42.2 Å². The van der Waals surface area contributed by atoms with Gasteiger partial charge in [0.15, 0.2) is 5.65 Å². The highest BCUT2D eigenvalue weighted by Crippen LogP contribution is 2.31. The summed E-state index contributed by atoms with van der Waals surface area (Å²) >= 11 is 1.64. The van der Waals surface area contributed by atoms with Gasteiger partial charge in [-0.25, -0.2) is 4.98 Å². The lowest BCUT2D eigenvalue weighted by molar-refractivity contribution is 0.0637. The summed E-state index contributed by atoms with van der Waals surface area (Å²) in [6.07, 6.45) is 3.35. The van der Waals surface area contributed by atoms with E-state index in [0.717, 1.165) is 52.2 Å². The minimum absolute atomic E-state index is 0.105. The fraction of sp³-hybridized carbons (Fsp3) is 0.421. The maximum absolute atomic E-state index is 13.4. The van der Waals surface area contributed by atoms with Gasteiger partial charge in [-0.05, 0) is 50.6 Å². The van der Waals surface area contributed by atoms with Crippen LogP contribution in [0.3, 0.4) is 0 Å². The average molecular weight is 354 g/mol. The van der Waals surface area contributed by atoms with Crippen molar-refractivity contribution in [1.82, 2.24) is 19.7 Å². The molecule has 0 unspecified atom stereocenters. The van der Waals surface area contributed by atoms with Crippen LogP contribution in [0, 0.1) is 6.92 Å². The summed E-state index contributed by atoms with van der Waals surface area (Å²) in [5.74, 6) is 0.105. The van der Waals surface area contributed by atoms with Gasteiger partial charge >= 0.3 is 0 Å². The van der Waals surface area contributed by atoms with Gasteiger partial charge in [0.2, 0.25) is 0 Å². The van der Waals surface area contributed by atoms with Crippen molar-refractivity contribution in [2.75, 3.05) is 6.54 Å². The third-order valence-electron chi connectivity index (χ3n) is 5.04. The minimum Gasteiger partial charge on any atom is -0.336 e. The number of aryl methyl sites for hydroxylation is 2. The first-order valence-electron chi connectivity index (χ1n) is 8.75. The van der Waals surface area contributed by atoms with E-state index in [-0.39, 0.29) is 11.9 Å². The standard InChI is InChI=1S/C19H22N4OS/c1-12-7-4-5-9-23(12)19(24)14-11-15(16-8-6-10-25-16)20-18-17(14)13(2)21-22(18)3/h6,8,10-12H,4-5,7,9H2,1-3H3/t12-/m1/s1. The molecule has 3 aromatic rings. The molecule has 0 saturated carbocycles. The van der Waals surface area contributed by atoms with E-state index in [0.29, 0.717) is 0 Å². The first kappa shape index (κ1) is 16.3. The van der Waals surface area contributed by atoms with Crippen LogP contribution in [0.2, 0.25) is 0 Å². The van der Waals surface area contributed by atoms with Crippen molar-refractivity contribution in [3.63, 3.8) is 0 Å². The number of nitrogens with zero attached hydrogens (tertiary/aromatic N) is 4. The number of carbonyl (C=O) groups excluding carboxylic acids is 1. The van der Waals surface area contributed by atoms with Crippen LogP contribution < -0.4 is 0 Å². The fourth-order valence-corrected chi connectivity index (χ4v) is 4.40. The van der Waals surface area contributed by atoms with Crippen LogP contribution in [0.4, 0.5) is 0 Å². The molecule has 4 heterocycles. The summed E-state index contributed by atoms with van der Waals surface area (Å²) in [5, 5.41) is 7.42. The van der Waals surface area contributed by atoms with Gasteiger partial charge in [0, 0.05) is 19.6 Å². The molecule has 6 heteroatoms. The van der Waals surface area contributed by atoms with Crippen molar-refractivity contribution in [2.45, 2.75) is 39.2 Å². The number of carbonyl (C=O) groups is 1. The van der Waals surface area contributed by atoms with Crippen LogP contribution in [-0.4, -0.2) is 38.2 Å². The number of aromatic nitrogens is 3. The van der Waals surface area contributed by atoms with E-state index in [1.807, 2.05) is 42.5 Å². The Balaban J connectivity index is 1.90. The predicted octanol–water partition coefficient (Wildman–Crippen LogP) is 4.02. The molecule has 1 fully saturated rings. The fourth-order valence-electron chi connectivity index (χ4n) is 3.72. The van der Waals surface area contributed by atoms with Crippen LogP contribution in [-0.2, 0) is 7.05 Å². The Labute approximate surface area is 151 Å². The van der Waals surface area contributed by atoms with E-state index >= 15 is 0 Å². The van der Waals surface area contributed by atoms with Gasteiger partial charge in [-0.3, -0.25) is 9.48 Å². The van der Waals surface area contributed by atoms with Crippen LogP contribution in [0.15, 0.2) is 23.6 Å². The first-order valence-corrected chi connectivity index (χ1v) is 9.63. The number of amides is 1. The van der Waals surface area contributed by atoms with Crippen LogP contribution in [0.25, 0.3) is 21.6 Å².